The lowest BCUT2D eigenvalue weighted by Gasteiger charge is -2.36. The third kappa shape index (κ3) is 4.05. The van der Waals surface area contributed by atoms with E-state index >= 15 is 0 Å². The van der Waals surface area contributed by atoms with E-state index in [9.17, 15) is 4.79 Å². The zero-order chi connectivity index (χ0) is 13.8. The van der Waals surface area contributed by atoms with Gasteiger partial charge in [0.05, 0.1) is 6.54 Å². The molecular formula is C15H21BrN2O. The lowest BCUT2D eigenvalue weighted by atomic mass is 9.76. The van der Waals surface area contributed by atoms with Gasteiger partial charge >= 0.3 is 0 Å². The lowest BCUT2D eigenvalue weighted by Crippen LogP contribution is -2.46. The first-order chi connectivity index (χ1) is 9.06. The summed E-state index contributed by atoms with van der Waals surface area (Å²) in [7, 11) is 0. The van der Waals surface area contributed by atoms with Crippen molar-refractivity contribution in [2.45, 2.75) is 44.7 Å². The molecule has 1 aromatic carbocycles. The summed E-state index contributed by atoms with van der Waals surface area (Å²) >= 11 is 3.60. The van der Waals surface area contributed by atoms with E-state index in [1.165, 1.54) is 10.0 Å². The minimum atomic E-state index is 0.0827. The Kier molecular flexibility index (Phi) is 4.99. The number of halogens is 1. The molecule has 1 fully saturated rings. The van der Waals surface area contributed by atoms with Gasteiger partial charge < -0.3 is 10.6 Å². The fourth-order valence-corrected chi connectivity index (χ4v) is 3.06. The van der Waals surface area contributed by atoms with Crippen LogP contribution in [0.4, 0.5) is 0 Å². The van der Waals surface area contributed by atoms with E-state index in [-0.39, 0.29) is 11.9 Å². The van der Waals surface area contributed by atoms with Crippen LogP contribution in [0.3, 0.4) is 0 Å². The van der Waals surface area contributed by atoms with E-state index in [0.29, 0.717) is 18.5 Å². The first-order valence-electron chi connectivity index (χ1n) is 6.83. The van der Waals surface area contributed by atoms with E-state index in [2.05, 4.69) is 44.8 Å². The first kappa shape index (κ1) is 14.5. The Bertz CT molecular complexity index is 442. The van der Waals surface area contributed by atoms with Crippen LogP contribution >= 0.6 is 15.9 Å². The van der Waals surface area contributed by atoms with Gasteiger partial charge in [-0.05, 0) is 44.2 Å². The van der Waals surface area contributed by atoms with E-state index in [1.807, 2.05) is 19.9 Å². The molecule has 1 amide bonds. The Labute approximate surface area is 123 Å². The molecule has 0 bridgehead atoms. The minimum absolute atomic E-state index is 0.0827. The van der Waals surface area contributed by atoms with Crippen molar-refractivity contribution in [2.24, 2.45) is 0 Å². The molecule has 0 aromatic heterocycles. The van der Waals surface area contributed by atoms with Gasteiger partial charge in [0.2, 0.25) is 5.91 Å². The molecule has 1 saturated carbocycles. The van der Waals surface area contributed by atoms with Crippen molar-refractivity contribution in [3.8, 4) is 0 Å². The van der Waals surface area contributed by atoms with Crippen LogP contribution in [0.15, 0.2) is 28.7 Å². The second kappa shape index (κ2) is 6.53. The number of nitrogens with one attached hydrogen (secondary N) is 2. The van der Waals surface area contributed by atoms with Gasteiger partial charge in [0.15, 0.2) is 0 Å². The van der Waals surface area contributed by atoms with Crippen molar-refractivity contribution >= 4 is 21.8 Å². The maximum atomic E-state index is 11.5. The summed E-state index contributed by atoms with van der Waals surface area (Å²) in [6.45, 7) is 4.37. The molecule has 0 spiro atoms. The molecule has 2 rings (SSSR count). The van der Waals surface area contributed by atoms with Gasteiger partial charge in [-0.2, -0.15) is 0 Å². The quantitative estimate of drug-likeness (QED) is 0.874. The van der Waals surface area contributed by atoms with Crippen LogP contribution in [0.25, 0.3) is 0 Å². The van der Waals surface area contributed by atoms with E-state index in [1.54, 1.807) is 0 Å². The molecule has 0 aliphatic heterocycles. The van der Waals surface area contributed by atoms with E-state index < -0.39 is 0 Å². The monoisotopic (exact) mass is 324 g/mol. The minimum Gasteiger partial charge on any atom is -0.353 e. The molecule has 0 heterocycles. The van der Waals surface area contributed by atoms with Crippen LogP contribution in [0.2, 0.25) is 0 Å². The summed E-state index contributed by atoms with van der Waals surface area (Å²) in [6.07, 6.45) is 2.22. The van der Waals surface area contributed by atoms with Crippen molar-refractivity contribution < 1.29 is 4.79 Å². The lowest BCUT2D eigenvalue weighted by molar-refractivity contribution is -0.121. The Morgan fingerprint density at radius 3 is 2.68 bits per heavy atom. The Balaban J connectivity index is 1.72. The Morgan fingerprint density at radius 2 is 2.05 bits per heavy atom. The molecule has 19 heavy (non-hydrogen) atoms. The molecular weight excluding hydrogens is 304 g/mol. The van der Waals surface area contributed by atoms with E-state index in [4.69, 9.17) is 0 Å². The summed E-state index contributed by atoms with van der Waals surface area (Å²) in [6, 6.07) is 9.07. The van der Waals surface area contributed by atoms with Gasteiger partial charge in [-0.25, -0.2) is 0 Å². The van der Waals surface area contributed by atoms with Crippen LogP contribution in [0.1, 0.15) is 38.2 Å². The number of amides is 1. The first-order valence-corrected chi connectivity index (χ1v) is 7.62. The van der Waals surface area contributed by atoms with Gasteiger partial charge in [0, 0.05) is 16.6 Å². The summed E-state index contributed by atoms with van der Waals surface area (Å²) < 4.78 is 1.19. The SMILES string of the molecule is CC(C)NC(=O)CNC1CC(c2ccccc2Br)C1. The number of rotatable bonds is 5. The van der Waals surface area contributed by atoms with Crippen molar-refractivity contribution in [1.82, 2.24) is 10.6 Å². The van der Waals surface area contributed by atoms with Gasteiger partial charge in [0.25, 0.3) is 0 Å². The molecule has 0 radical (unpaired) electrons. The van der Waals surface area contributed by atoms with Crippen LogP contribution in [-0.4, -0.2) is 24.5 Å². The second-order valence-electron chi connectivity index (χ2n) is 5.49. The van der Waals surface area contributed by atoms with E-state index in [0.717, 1.165) is 12.8 Å². The van der Waals surface area contributed by atoms with Gasteiger partial charge in [0.1, 0.15) is 0 Å². The molecule has 0 unspecified atom stereocenters. The van der Waals surface area contributed by atoms with Crippen molar-refractivity contribution in [3.63, 3.8) is 0 Å². The number of hydrogen-bond donors (Lipinski definition) is 2. The molecule has 0 atom stereocenters. The molecule has 3 nitrogen and oxygen atoms in total. The number of benzene rings is 1. The molecule has 1 aromatic rings. The smallest absolute Gasteiger partial charge is 0.234 e. The van der Waals surface area contributed by atoms with Crippen molar-refractivity contribution in [3.05, 3.63) is 34.3 Å². The zero-order valence-corrected chi connectivity index (χ0v) is 13.0. The predicted molar refractivity (Wildman–Crippen MR) is 81.2 cm³/mol. The number of carbonyl (C=O) groups excluding carboxylic acids is 1. The summed E-state index contributed by atoms with van der Waals surface area (Å²) in [4.78, 5) is 11.5. The molecule has 0 saturated heterocycles. The summed E-state index contributed by atoms with van der Waals surface area (Å²) in [5, 5.41) is 6.21. The molecule has 1 aliphatic rings. The maximum absolute atomic E-state index is 11.5. The van der Waals surface area contributed by atoms with Crippen LogP contribution in [-0.2, 0) is 4.79 Å². The van der Waals surface area contributed by atoms with Crippen LogP contribution < -0.4 is 10.6 Å². The Hall–Kier alpha value is -0.870. The van der Waals surface area contributed by atoms with Gasteiger partial charge in [-0.1, -0.05) is 34.1 Å². The third-order valence-electron chi connectivity index (χ3n) is 3.48. The highest BCUT2D eigenvalue weighted by Crippen LogP contribution is 2.39. The molecule has 2 N–H and O–H groups in total. The summed E-state index contributed by atoms with van der Waals surface area (Å²) in [5.41, 5.74) is 1.38. The average Bonchev–Trinajstić information content (AvgIpc) is 2.28. The standard InChI is InChI=1S/C15H21BrN2O/c1-10(2)18-15(19)9-17-12-7-11(8-12)13-5-3-4-6-14(13)16/h3-6,10-12,17H,7-9H2,1-2H3,(H,18,19). The third-order valence-corrected chi connectivity index (χ3v) is 4.21. The molecule has 104 valence electrons. The molecule has 1 aliphatic carbocycles. The molecule has 4 heteroatoms. The Morgan fingerprint density at radius 1 is 1.37 bits per heavy atom. The number of hydrogen-bond acceptors (Lipinski definition) is 2. The van der Waals surface area contributed by atoms with Gasteiger partial charge in [-0.3, -0.25) is 4.79 Å². The fraction of sp³-hybridized carbons (Fsp3) is 0.533. The predicted octanol–water partition coefficient (Wildman–Crippen LogP) is 2.81. The zero-order valence-electron chi connectivity index (χ0n) is 11.4. The van der Waals surface area contributed by atoms with Crippen molar-refractivity contribution in [1.29, 1.82) is 0 Å². The summed E-state index contributed by atoms with van der Waals surface area (Å²) in [5.74, 6) is 0.695. The fourth-order valence-electron chi connectivity index (χ4n) is 2.45. The highest BCUT2D eigenvalue weighted by molar-refractivity contribution is 9.10. The van der Waals surface area contributed by atoms with Crippen molar-refractivity contribution in [2.75, 3.05) is 6.54 Å². The normalized spacial score (nSPS) is 22.1. The average molecular weight is 325 g/mol. The van der Waals surface area contributed by atoms with Crippen LogP contribution in [0, 0.1) is 0 Å². The maximum Gasteiger partial charge on any atom is 0.234 e. The second-order valence-corrected chi connectivity index (χ2v) is 6.34. The number of carbonyl (C=O) groups is 1. The highest BCUT2D eigenvalue weighted by Gasteiger charge is 2.31. The van der Waals surface area contributed by atoms with Gasteiger partial charge in [-0.15, -0.1) is 0 Å². The topological polar surface area (TPSA) is 41.1 Å². The highest BCUT2D eigenvalue weighted by atomic mass is 79.9. The van der Waals surface area contributed by atoms with Crippen LogP contribution in [0.5, 0.6) is 0 Å². The largest absolute Gasteiger partial charge is 0.353 e.